The van der Waals surface area contributed by atoms with E-state index < -0.39 is 11.5 Å². The number of benzene rings is 1. The summed E-state index contributed by atoms with van der Waals surface area (Å²) in [5.74, 6) is -1.35. The highest BCUT2D eigenvalue weighted by Crippen LogP contribution is 2.39. The van der Waals surface area contributed by atoms with Gasteiger partial charge in [0.2, 0.25) is 0 Å². The fourth-order valence-corrected chi connectivity index (χ4v) is 2.94. The SMILES string of the molecule is Cc1cc(C)n(-c2ccc(C(=O)N[C@](C)(C(=O)O)C3CC3)cc2)n1. The number of amides is 1. The van der Waals surface area contributed by atoms with Crippen molar-refractivity contribution >= 4 is 11.9 Å². The van der Waals surface area contributed by atoms with Gasteiger partial charge in [0, 0.05) is 11.3 Å². The molecule has 1 aromatic heterocycles. The van der Waals surface area contributed by atoms with Crippen LogP contribution in [0.3, 0.4) is 0 Å². The molecule has 1 atom stereocenters. The molecular formula is C18H21N3O3. The number of carboxylic acids is 1. The fraction of sp³-hybridized carbons (Fsp3) is 0.389. The third-order valence-corrected chi connectivity index (χ3v) is 4.59. The number of hydrogen-bond acceptors (Lipinski definition) is 3. The first-order chi connectivity index (χ1) is 11.3. The van der Waals surface area contributed by atoms with Crippen molar-refractivity contribution in [2.45, 2.75) is 39.2 Å². The van der Waals surface area contributed by atoms with Crippen LogP contribution in [0.4, 0.5) is 0 Å². The van der Waals surface area contributed by atoms with Crippen LogP contribution in [0.2, 0.25) is 0 Å². The number of nitrogens with zero attached hydrogens (tertiary/aromatic N) is 2. The molecule has 1 heterocycles. The van der Waals surface area contributed by atoms with E-state index in [9.17, 15) is 14.7 Å². The van der Waals surface area contributed by atoms with Gasteiger partial charge in [0.25, 0.3) is 5.91 Å². The van der Waals surface area contributed by atoms with E-state index >= 15 is 0 Å². The number of nitrogens with one attached hydrogen (secondary N) is 1. The van der Waals surface area contributed by atoms with Crippen LogP contribution in [-0.4, -0.2) is 32.3 Å². The van der Waals surface area contributed by atoms with Crippen molar-refractivity contribution in [1.82, 2.24) is 15.1 Å². The van der Waals surface area contributed by atoms with Crippen LogP contribution in [0.1, 0.15) is 41.5 Å². The van der Waals surface area contributed by atoms with Gasteiger partial charge in [0.15, 0.2) is 0 Å². The van der Waals surface area contributed by atoms with Crippen molar-refractivity contribution in [3.05, 3.63) is 47.3 Å². The third kappa shape index (κ3) is 2.91. The molecule has 126 valence electrons. The number of aryl methyl sites for hydroxylation is 2. The van der Waals surface area contributed by atoms with E-state index in [-0.39, 0.29) is 11.8 Å². The van der Waals surface area contributed by atoms with E-state index in [0.29, 0.717) is 5.56 Å². The van der Waals surface area contributed by atoms with E-state index in [0.717, 1.165) is 29.9 Å². The Bertz CT molecular complexity index is 790. The molecule has 0 unspecified atom stereocenters. The summed E-state index contributed by atoms with van der Waals surface area (Å²) >= 11 is 0. The minimum atomic E-state index is -1.20. The normalized spacial score (nSPS) is 16.5. The van der Waals surface area contributed by atoms with Crippen molar-refractivity contribution < 1.29 is 14.7 Å². The molecule has 0 radical (unpaired) electrons. The molecule has 1 aliphatic rings. The van der Waals surface area contributed by atoms with Crippen LogP contribution in [0.15, 0.2) is 30.3 Å². The highest BCUT2D eigenvalue weighted by molar-refractivity contribution is 5.98. The summed E-state index contributed by atoms with van der Waals surface area (Å²) in [6.45, 7) is 5.47. The molecule has 2 N–H and O–H groups in total. The van der Waals surface area contributed by atoms with E-state index in [1.807, 2.05) is 36.7 Å². The number of carbonyl (C=O) groups excluding carboxylic acids is 1. The summed E-state index contributed by atoms with van der Waals surface area (Å²) in [7, 11) is 0. The second kappa shape index (κ2) is 5.78. The molecule has 1 aromatic carbocycles. The zero-order valence-corrected chi connectivity index (χ0v) is 14.0. The maximum Gasteiger partial charge on any atom is 0.329 e. The topological polar surface area (TPSA) is 84.2 Å². The maximum absolute atomic E-state index is 12.4. The summed E-state index contributed by atoms with van der Waals surface area (Å²) in [5.41, 5.74) is 2.03. The van der Waals surface area contributed by atoms with Crippen molar-refractivity contribution in [3.63, 3.8) is 0 Å². The van der Waals surface area contributed by atoms with Crippen molar-refractivity contribution in [2.24, 2.45) is 5.92 Å². The predicted octanol–water partition coefficient (Wildman–Crippen LogP) is 2.47. The number of carbonyl (C=O) groups is 2. The fourth-order valence-electron chi connectivity index (χ4n) is 2.94. The number of carboxylic acid groups (broad SMARTS) is 1. The Hall–Kier alpha value is -2.63. The Kier molecular flexibility index (Phi) is 3.91. The number of rotatable bonds is 5. The van der Waals surface area contributed by atoms with Gasteiger partial charge < -0.3 is 10.4 Å². The summed E-state index contributed by atoms with van der Waals surface area (Å²) in [6, 6.07) is 8.98. The lowest BCUT2D eigenvalue weighted by Crippen LogP contribution is -2.54. The van der Waals surface area contributed by atoms with Gasteiger partial charge in [-0.3, -0.25) is 4.79 Å². The number of hydrogen-bond donors (Lipinski definition) is 2. The Balaban J connectivity index is 1.79. The van der Waals surface area contributed by atoms with Gasteiger partial charge in [-0.15, -0.1) is 0 Å². The minimum Gasteiger partial charge on any atom is -0.480 e. The zero-order valence-electron chi connectivity index (χ0n) is 14.0. The molecule has 0 aliphatic heterocycles. The standard InChI is InChI=1S/C18H21N3O3/c1-11-10-12(2)21(20-11)15-8-4-13(5-9-15)16(22)19-18(3,17(23)24)14-6-7-14/h4-5,8-10,14H,6-7H2,1-3H3,(H,19,22)(H,23,24)/t18-/m0/s1. The summed E-state index contributed by atoms with van der Waals surface area (Å²) in [5, 5.41) is 16.5. The van der Waals surface area contributed by atoms with Crippen molar-refractivity contribution in [2.75, 3.05) is 0 Å². The smallest absolute Gasteiger partial charge is 0.329 e. The molecule has 2 aromatic rings. The molecule has 24 heavy (non-hydrogen) atoms. The molecule has 1 amide bonds. The first-order valence-electron chi connectivity index (χ1n) is 8.01. The van der Waals surface area contributed by atoms with Gasteiger partial charge in [-0.05, 0) is 69.9 Å². The van der Waals surface area contributed by atoms with Gasteiger partial charge >= 0.3 is 5.97 Å². The van der Waals surface area contributed by atoms with Crippen LogP contribution in [-0.2, 0) is 4.79 Å². The molecule has 1 fully saturated rings. The summed E-state index contributed by atoms with van der Waals surface area (Å²) < 4.78 is 1.81. The summed E-state index contributed by atoms with van der Waals surface area (Å²) in [6.07, 6.45) is 1.67. The molecule has 0 spiro atoms. The molecular weight excluding hydrogens is 306 g/mol. The second-order valence-electron chi connectivity index (χ2n) is 6.62. The van der Waals surface area contributed by atoms with Gasteiger partial charge in [-0.25, -0.2) is 9.48 Å². The van der Waals surface area contributed by atoms with Crippen molar-refractivity contribution in [3.8, 4) is 5.69 Å². The van der Waals surface area contributed by atoms with E-state index in [4.69, 9.17) is 0 Å². The molecule has 0 saturated heterocycles. The first-order valence-corrected chi connectivity index (χ1v) is 8.01. The first kappa shape index (κ1) is 16.2. The maximum atomic E-state index is 12.4. The quantitative estimate of drug-likeness (QED) is 0.883. The Labute approximate surface area is 140 Å². The predicted molar refractivity (Wildman–Crippen MR) is 89.3 cm³/mol. The minimum absolute atomic E-state index is 0.00734. The highest BCUT2D eigenvalue weighted by Gasteiger charge is 2.48. The van der Waals surface area contributed by atoms with Crippen LogP contribution in [0, 0.1) is 19.8 Å². The molecule has 6 heteroatoms. The van der Waals surface area contributed by atoms with Crippen LogP contribution >= 0.6 is 0 Å². The second-order valence-corrected chi connectivity index (χ2v) is 6.62. The van der Waals surface area contributed by atoms with E-state index in [1.54, 1.807) is 19.1 Å². The van der Waals surface area contributed by atoms with Gasteiger partial charge in [-0.1, -0.05) is 0 Å². The molecule has 3 rings (SSSR count). The van der Waals surface area contributed by atoms with E-state index in [1.165, 1.54) is 0 Å². The monoisotopic (exact) mass is 327 g/mol. The van der Waals surface area contributed by atoms with Crippen LogP contribution in [0.25, 0.3) is 5.69 Å². The van der Waals surface area contributed by atoms with Gasteiger partial charge in [0.05, 0.1) is 11.4 Å². The largest absolute Gasteiger partial charge is 0.480 e. The molecule has 6 nitrogen and oxygen atoms in total. The Morgan fingerprint density at radius 2 is 1.88 bits per heavy atom. The zero-order chi connectivity index (χ0) is 17.5. The van der Waals surface area contributed by atoms with Gasteiger partial charge in [0.1, 0.15) is 5.54 Å². The van der Waals surface area contributed by atoms with E-state index in [2.05, 4.69) is 10.4 Å². The molecule has 0 bridgehead atoms. The Morgan fingerprint density at radius 1 is 1.25 bits per heavy atom. The lowest BCUT2D eigenvalue weighted by Gasteiger charge is -2.26. The molecule has 1 saturated carbocycles. The van der Waals surface area contributed by atoms with Crippen molar-refractivity contribution in [1.29, 1.82) is 0 Å². The Morgan fingerprint density at radius 3 is 2.33 bits per heavy atom. The van der Waals surface area contributed by atoms with Crippen LogP contribution in [0.5, 0.6) is 0 Å². The molecule has 1 aliphatic carbocycles. The lowest BCUT2D eigenvalue weighted by atomic mass is 9.95. The lowest BCUT2D eigenvalue weighted by molar-refractivity contribution is -0.144. The van der Waals surface area contributed by atoms with Gasteiger partial charge in [-0.2, -0.15) is 5.10 Å². The average Bonchev–Trinajstić information content (AvgIpc) is 3.33. The number of aliphatic carboxylic acids is 1. The summed E-state index contributed by atoms with van der Waals surface area (Å²) in [4.78, 5) is 23.9. The number of aromatic nitrogens is 2. The average molecular weight is 327 g/mol. The highest BCUT2D eigenvalue weighted by atomic mass is 16.4. The van der Waals surface area contributed by atoms with Crippen LogP contribution < -0.4 is 5.32 Å². The third-order valence-electron chi connectivity index (χ3n) is 4.59.